The van der Waals surface area contributed by atoms with Crippen molar-refractivity contribution in [2.75, 3.05) is 44.2 Å². The number of para-hydroxylation sites is 1. The SMILES string of the molecule is O=C(C1C=CC(Cl)=CC1)N1CCN(C2CN(c3ccnc4c(C(F)(F)F)cccc34)C[C@H]2O)CC1. The van der Waals surface area contributed by atoms with Gasteiger partial charge in [0.15, 0.2) is 0 Å². The monoisotopic (exact) mass is 506 g/mol. The summed E-state index contributed by atoms with van der Waals surface area (Å²) in [6.07, 6.45) is 2.29. The number of aliphatic hydroxyl groups excluding tert-OH is 1. The quantitative estimate of drug-likeness (QED) is 0.689. The number of pyridine rings is 1. The summed E-state index contributed by atoms with van der Waals surface area (Å²) in [6, 6.07) is 5.60. The van der Waals surface area contributed by atoms with Crippen LogP contribution in [-0.2, 0) is 11.0 Å². The first kappa shape index (κ1) is 24.1. The maximum Gasteiger partial charge on any atom is 0.418 e. The number of carbonyl (C=O) groups is 1. The molecule has 0 bridgehead atoms. The number of aliphatic hydroxyl groups is 1. The Bertz CT molecular complexity index is 1180. The molecule has 0 saturated carbocycles. The van der Waals surface area contributed by atoms with Gasteiger partial charge in [0.2, 0.25) is 5.91 Å². The van der Waals surface area contributed by atoms with Crippen LogP contribution in [0, 0.1) is 5.92 Å². The number of β-amino-alcohol motifs (C(OH)–C–C–N with tert-alkyl or cyclic N) is 1. The van der Waals surface area contributed by atoms with Gasteiger partial charge in [0.25, 0.3) is 0 Å². The maximum atomic E-state index is 13.5. The maximum absolute atomic E-state index is 13.5. The van der Waals surface area contributed by atoms with E-state index in [0.717, 1.165) is 6.07 Å². The van der Waals surface area contributed by atoms with E-state index in [4.69, 9.17) is 11.6 Å². The number of benzene rings is 1. The molecule has 2 fully saturated rings. The van der Waals surface area contributed by atoms with Gasteiger partial charge in [-0.1, -0.05) is 35.9 Å². The lowest BCUT2D eigenvalue weighted by molar-refractivity contribution is -0.137. The van der Waals surface area contributed by atoms with Gasteiger partial charge >= 0.3 is 6.18 Å². The summed E-state index contributed by atoms with van der Waals surface area (Å²) in [5, 5.41) is 11.9. The van der Waals surface area contributed by atoms with Crippen molar-refractivity contribution in [3.63, 3.8) is 0 Å². The Kier molecular flexibility index (Phi) is 6.50. The summed E-state index contributed by atoms with van der Waals surface area (Å²) >= 11 is 5.96. The Balaban J connectivity index is 1.27. The van der Waals surface area contributed by atoms with Gasteiger partial charge in [0, 0.05) is 61.6 Å². The van der Waals surface area contributed by atoms with Gasteiger partial charge in [-0.05, 0) is 24.6 Å². The number of allylic oxidation sites excluding steroid dienone is 3. The molecule has 2 aromatic rings. The second-order valence-electron chi connectivity index (χ2n) is 9.22. The molecule has 3 aliphatic rings. The first-order valence-corrected chi connectivity index (χ1v) is 12.0. The molecule has 2 saturated heterocycles. The lowest BCUT2D eigenvalue weighted by Crippen LogP contribution is -2.55. The Hall–Kier alpha value is -2.62. The number of anilines is 1. The fourth-order valence-corrected chi connectivity index (χ4v) is 5.44. The van der Waals surface area contributed by atoms with Gasteiger partial charge in [-0.3, -0.25) is 14.7 Å². The number of nitrogens with zero attached hydrogens (tertiary/aromatic N) is 4. The molecule has 1 aliphatic carbocycles. The summed E-state index contributed by atoms with van der Waals surface area (Å²) in [4.78, 5) is 22.8. The molecule has 5 rings (SSSR count). The van der Waals surface area contributed by atoms with Crippen molar-refractivity contribution in [1.29, 1.82) is 0 Å². The van der Waals surface area contributed by atoms with Crippen LogP contribution >= 0.6 is 11.6 Å². The van der Waals surface area contributed by atoms with Crippen molar-refractivity contribution < 1.29 is 23.1 Å². The fraction of sp³-hybridized carbons (Fsp3) is 0.440. The second kappa shape index (κ2) is 9.44. The highest BCUT2D eigenvalue weighted by Gasteiger charge is 2.39. The predicted molar refractivity (Wildman–Crippen MR) is 128 cm³/mol. The Morgan fingerprint density at radius 1 is 1.11 bits per heavy atom. The number of alkyl halides is 3. The van der Waals surface area contributed by atoms with E-state index in [0.29, 0.717) is 61.8 Å². The molecule has 0 radical (unpaired) electrons. The molecule has 10 heteroatoms. The van der Waals surface area contributed by atoms with Crippen molar-refractivity contribution in [3.8, 4) is 0 Å². The number of halogens is 4. The molecule has 186 valence electrons. The average Bonchev–Trinajstić information content (AvgIpc) is 3.24. The lowest BCUT2D eigenvalue weighted by atomic mass is 9.98. The summed E-state index contributed by atoms with van der Waals surface area (Å²) in [5.74, 6) is -0.114. The molecule has 2 aliphatic heterocycles. The van der Waals surface area contributed by atoms with Gasteiger partial charge in [0.05, 0.1) is 29.1 Å². The molecule has 6 nitrogen and oxygen atoms in total. The van der Waals surface area contributed by atoms with Crippen LogP contribution in [0.5, 0.6) is 0 Å². The third-order valence-electron chi connectivity index (χ3n) is 7.12. The van der Waals surface area contributed by atoms with Crippen LogP contribution in [0.2, 0.25) is 0 Å². The zero-order valence-corrected chi connectivity index (χ0v) is 19.7. The van der Waals surface area contributed by atoms with Crippen LogP contribution in [0.3, 0.4) is 0 Å². The average molecular weight is 507 g/mol. The Morgan fingerprint density at radius 2 is 1.89 bits per heavy atom. The zero-order chi connectivity index (χ0) is 24.7. The van der Waals surface area contributed by atoms with E-state index in [-0.39, 0.29) is 23.4 Å². The van der Waals surface area contributed by atoms with E-state index in [1.807, 2.05) is 22.0 Å². The van der Waals surface area contributed by atoms with Crippen LogP contribution in [0.1, 0.15) is 12.0 Å². The number of aromatic nitrogens is 1. The number of fused-ring (bicyclic) bond motifs is 1. The van der Waals surface area contributed by atoms with E-state index >= 15 is 0 Å². The van der Waals surface area contributed by atoms with E-state index < -0.39 is 17.8 Å². The van der Waals surface area contributed by atoms with E-state index in [9.17, 15) is 23.1 Å². The summed E-state index contributed by atoms with van der Waals surface area (Å²) in [7, 11) is 0. The van der Waals surface area contributed by atoms with Gasteiger partial charge in [0.1, 0.15) is 0 Å². The lowest BCUT2D eigenvalue weighted by Gasteiger charge is -2.39. The van der Waals surface area contributed by atoms with Crippen LogP contribution in [0.15, 0.2) is 53.7 Å². The highest BCUT2D eigenvalue weighted by molar-refractivity contribution is 6.31. The molecule has 1 N–H and O–H groups in total. The van der Waals surface area contributed by atoms with E-state index in [2.05, 4.69) is 9.88 Å². The summed E-state index contributed by atoms with van der Waals surface area (Å²) in [6.45, 7) is 3.19. The number of amides is 1. The van der Waals surface area contributed by atoms with Crippen molar-refractivity contribution >= 4 is 34.1 Å². The van der Waals surface area contributed by atoms with Crippen molar-refractivity contribution in [2.45, 2.75) is 24.7 Å². The number of carbonyl (C=O) groups excluding carboxylic acids is 1. The van der Waals surface area contributed by atoms with Crippen LogP contribution in [-0.4, -0.2) is 77.2 Å². The molecule has 0 spiro atoms. The number of rotatable bonds is 3. The molecule has 35 heavy (non-hydrogen) atoms. The van der Waals surface area contributed by atoms with Crippen LogP contribution in [0.4, 0.5) is 18.9 Å². The highest BCUT2D eigenvalue weighted by atomic mass is 35.5. The molecular formula is C25H26ClF3N4O2. The van der Waals surface area contributed by atoms with Crippen molar-refractivity contribution in [2.24, 2.45) is 5.92 Å². The molecular weight excluding hydrogens is 481 g/mol. The fourth-order valence-electron chi connectivity index (χ4n) is 5.28. The minimum Gasteiger partial charge on any atom is -0.390 e. The van der Waals surface area contributed by atoms with Gasteiger partial charge < -0.3 is 14.9 Å². The Morgan fingerprint density at radius 3 is 2.57 bits per heavy atom. The highest BCUT2D eigenvalue weighted by Crippen LogP contribution is 2.37. The standard InChI is InChI=1S/C25H26ClF3N4O2/c26-17-6-4-16(5-7-17)24(35)32-12-10-31(11-13-32)21-14-33(15-22(21)34)20-8-9-30-23-18(20)2-1-3-19(23)25(27,28)29/h1-4,6-9,16,21-22,34H,5,10-15H2/t16?,21?,22-/m1/s1. The first-order valence-electron chi connectivity index (χ1n) is 11.7. The summed E-state index contributed by atoms with van der Waals surface area (Å²) < 4.78 is 40.4. The summed E-state index contributed by atoms with van der Waals surface area (Å²) in [5.41, 5.74) is -0.220. The first-order chi connectivity index (χ1) is 16.7. The van der Waals surface area contributed by atoms with E-state index in [1.165, 1.54) is 12.3 Å². The van der Waals surface area contributed by atoms with Gasteiger partial charge in [-0.15, -0.1) is 0 Å². The predicted octanol–water partition coefficient (Wildman–Crippen LogP) is 3.65. The normalized spacial score (nSPS) is 25.9. The molecule has 1 aromatic carbocycles. The molecule has 1 amide bonds. The second-order valence-corrected chi connectivity index (χ2v) is 9.66. The third-order valence-corrected chi connectivity index (χ3v) is 7.40. The van der Waals surface area contributed by atoms with Gasteiger partial charge in [-0.25, -0.2) is 0 Å². The Labute approximate surface area is 206 Å². The number of piperazine rings is 1. The van der Waals surface area contributed by atoms with Gasteiger partial charge in [-0.2, -0.15) is 13.2 Å². The minimum atomic E-state index is -4.49. The van der Waals surface area contributed by atoms with Crippen molar-refractivity contribution in [1.82, 2.24) is 14.8 Å². The van der Waals surface area contributed by atoms with E-state index in [1.54, 1.807) is 18.2 Å². The smallest absolute Gasteiger partial charge is 0.390 e. The molecule has 3 atom stereocenters. The van der Waals surface area contributed by atoms with Crippen LogP contribution in [0.25, 0.3) is 10.9 Å². The largest absolute Gasteiger partial charge is 0.418 e. The third kappa shape index (κ3) is 4.77. The minimum absolute atomic E-state index is 0.0821. The van der Waals surface area contributed by atoms with Crippen LogP contribution < -0.4 is 4.90 Å². The number of hydrogen-bond donors (Lipinski definition) is 1. The van der Waals surface area contributed by atoms with Crippen molar-refractivity contribution in [3.05, 3.63) is 59.3 Å². The molecule has 1 aromatic heterocycles. The molecule has 3 heterocycles. The zero-order valence-electron chi connectivity index (χ0n) is 19.0. The molecule has 2 unspecified atom stereocenters. The topological polar surface area (TPSA) is 59.9 Å². The number of hydrogen-bond acceptors (Lipinski definition) is 5.